The van der Waals surface area contributed by atoms with Crippen molar-refractivity contribution in [1.29, 1.82) is 0 Å². The molecular weight excluding hydrogens is 318 g/mol. The minimum Gasteiger partial charge on any atom is -0.475 e. The molecule has 6 nitrogen and oxygen atoms in total. The van der Waals surface area contributed by atoms with Gasteiger partial charge in [0, 0.05) is 17.3 Å². The highest BCUT2D eigenvalue weighted by atomic mass is 35.5. The first kappa shape index (κ1) is 17.4. The molecule has 2 rings (SSSR count). The van der Waals surface area contributed by atoms with E-state index in [1.54, 1.807) is 16.9 Å². The number of nitrogens with zero attached hydrogens (tertiary/aromatic N) is 2. The Labute approximate surface area is 141 Å². The summed E-state index contributed by atoms with van der Waals surface area (Å²) >= 11 is 6.21. The van der Waals surface area contributed by atoms with Gasteiger partial charge in [-0.25, -0.2) is 9.48 Å². The van der Waals surface area contributed by atoms with Gasteiger partial charge in [-0.05, 0) is 39.7 Å². The fourth-order valence-corrected chi connectivity index (χ4v) is 2.22. The molecule has 0 unspecified atom stereocenters. The second kappa shape index (κ2) is 7.55. The average Bonchev–Trinajstić information content (AvgIpc) is 2.91. The van der Waals surface area contributed by atoms with E-state index in [2.05, 4.69) is 16.5 Å². The zero-order valence-corrected chi connectivity index (χ0v) is 14.4. The lowest BCUT2D eigenvalue weighted by atomic mass is 10.1. The van der Waals surface area contributed by atoms with E-state index in [0.717, 1.165) is 23.6 Å². The van der Waals surface area contributed by atoms with Gasteiger partial charge >= 0.3 is 6.09 Å². The Hall–Kier alpha value is -1.95. The summed E-state index contributed by atoms with van der Waals surface area (Å²) < 4.78 is 12.3. The molecule has 23 heavy (non-hydrogen) atoms. The molecule has 1 aliphatic rings. The number of nitrogens with one attached hydrogen (secondary N) is 1. The fraction of sp³-hybridized carbons (Fsp3) is 0.500. The standard InChI is InChI=1S/C16H22ClN3O3/c1-16(2,3)23-15(21)18-9-11-22-14-8-10-20(19-14)13-7-5-4-6-12(13)17/h5,7-8,10H,4,6,9,11H2,1-3H3,(H,18,21). The second-order valence-electron chi connectivity index (χ2n) is 6.11. The van der Waals surface area contributed by atoms with E-state index >= 15 is 0 Å². The first-order chi connectivity index (χ1) is 10.8. The molecule has 1 N–H and O–H groups in total. The number of hydrogen-bond acceptors (Lipinski definition) is 4. The minimum absolute atomic E-state index is 0.304. The summed E-state index contributed by atoms with van der Waals surface area (Å²) in [5.74, 6) is 0.479. The summed E-state index contributed by atoms with van der Waals surface area (Å²) in [4.78, 5) is 11.5. The predicted octanol–water partition coefficient (Wildman–Crippen LogP) is 3.54. The van der Waals surface area contributed by atoms with Crippen LogP contribution in [0.5, 0.6) is 5.88 Å². The Morgan fingerprint density at radius 1 is 1.48 bits per heavy atom. The fourth-order valence-electron chi connectivity index (χ4n) is 1.97. The van der Waals surface area contributed by atoms with Gasteiger partial charge in [-0.1, -0.05) is 17.7 Å². The van der Waals surface area contributed by atoms with Gasteiger partial charge in [0.15, 0.2) is 0 Å². The molecule has 1 amide bonds. The maximum atomic E-state index is 11.5. The van der Waals surface area contributed by atoms with Crippen molar-refractivity contribution in [3.63, 3.8) is 0 Å². The van der Waals surface area contributed by atoms with Gasteiger partial charge < -0.3 is 14.8 Å². The van der Waals surface area contributed by atoms with Crippen LogP contribution in [0.15, 0.2) is 29.4 Å². The van der Waals surface area contributed by atoms with E-state index in [0.29, 0.717) is 19.0 Å². The van der Waals surface area contributed by atoms with Crippen molar-refractivity contribution in [1.82, 2.24) is 15.1 Å². The molecule has 7 heteroatoms. The van der Waals surface area contributed by atoms with Crippen molar-refractivity contribution in [2.24, 2.45) is 0 Å². The molecule has 0 radical (unpaired) electrons. The molecule has 1 aromatic rings. The van der Waals surface area contributed by atoms with Gasteiger partial charge in [0.1, 0.15) is 12.2 Å². The molecule has 0 bridgehead atoms. The summed E-state index contributed by atoms with van der Waals surface area (Å²) in [7, 11) is 0. The van der Waals surface area contributed by atoms with Gasteiger partial charge in [0.2, 0.25) is 5.88 Å². The lowest BCUT2D eigenvalue weighted by Crippen LogP contribution is -2.34. The van der Waals surface area contributed by atoms with Crippen LogP contribution in [0.3, 0.4) is 0 Å². The highest BCUT2D eigenvalue weighted by molar-refractivity contribution is 6.32. The van der Waals surface area contributed by atoms with Gasteiger partial charge in [0.25, 0.3) is 0 Å². The number of aromatic nitrogens is 2. The van der Waals surface area contributed by atoms with E-state index in [9.17, 15) is 4.79 Å². The molecule has 0 aromatic carbocycles. The van der Waals surface area contributed by atoms with Gasteiger partial charge in [-0.15, -0.1) is 5.10 Å². The zero-order valence-electron chi connectivity index (χ0n) is 13.6. The van der Waals surface area contributed by atoms with Gasteiger partial charge in [-0.2, -0.15) is 0 Å². The summed E-state index contributed by atoms with van der Waals surface area (Å²) in [5.41, 5.74) is 0.351. The monoisotopic (exact) mass is 339 g/mol. The molecule has 1 aliphatic carbocycles. The topological polar surface area (TPSA) is 65.4 Å². The average molecular weight is 340 g/mol. The number of carbonyl (C=O) groups excluding carboxylic acids is 1. The van der Waals surface area contributed by atoms with Crippen molar-refractivity contribution < 1.29 is 14.3 Å². The Balaban J connectivity index is 1.77. The molecule has 0 saturated heterocycles. The molecule has 1 aromatic heterocycles. The number of carbonyl (C=O) groups is 1. The number of ether oxygens (including phenoxy) is 2. The number of rotatable bonds is 5. The zero-order chi connectivity index (χ0) is 16.9. The maximum Gasteiger partial charge on any atom is 0.407 e. The highest BCUT2D eigenvalue weighted by Gasteiger charge is 2.15. The van der Waals surface area contributed by atoms with E-state index in [4.69, 9.17) is 21.1 Å². The van der Waals surface area contributed by atoms with Crippen LogP contribution in [0, 0.1) is 0 Å². The number of allylic oxidation sites excluding steroid dienone is 4. The SMILES string of the molecule is CC(C)(C)OC(=O)NCCOc1ccn(C2=C(Cl)CCC=C2)n1. The van der Waals surface area contributed by atoms with Crippen LogP contribution in [0.4, 0.5) is 4.79 Å². The van der Waals surface area contributed by atoms with Crippen LogP contribution in [-0.2, 0) is 4.74 Å². The maximum absolute atomic E-state index is 11.5. The van der Waals surface area contributed by atoms with E-state index < -0.39 is 11.7 Å². The van der Waals surface area contributed by atoms with Crippen molar-refractivity contribution in [3.8, 4) is 5.88 Å². The summed E-state index contributed by atoms with van der Waals surface area (Å²) in [6, 6.07) is 1.76. The second-order valence-corrected chi connectivity index (χ2v) is 6.56. The third-order valence-electron chi connectivity index (χ3n) is 2.92. The first-order valence-electron chi connectivity index (χ1n) is 7.56. The van der Waals surface area contributed by atoms with Gasteiger partial charge in [-0.3, -0.25) is 0 Å². The number of halogens is 1. The van der Waals surface area contributed by atoms with Crippen LogP contribution in [0.1, 0.15) is 33.6 Å². The number of amides is 1. The number of alkyl carbamates (subject to hydrolysis) is 1. The van der Waals surface area contributed by atoms with Crippen molar-refractivity contribution in [2.75, 3.05) is 13.2 Å². The minimum atomic E-state index is -0.510. The summed E-state index contributed by atoms with van der Waals surface area (Å²) in [6.45, 7) is 6.09. The lowest BCUT2D eigenvalue weighted by molar-refractivity contribution is 0.0520. The van der Waals surface area contributed by atoms with Crippen LogP contribution in [-0.4, -0.2) is 34.6 Å². The Morgan fingerprint density at radius 3 is 2.96 bits per heavy atom. The van der Waals surface area contributed by atoms with Crippen molar-refractivity contribution in [2.45, 2.75) is 39.2 Å². The van der Waals surface area contributed by atoms with Crippen molar-refractivity contribution in [3.05, 3.63) is 29.4 Å². The number of hydrogen-bond donors (Lipinski definition) is 1. The summed E-state index contributed by atoms with van der Waals surface area (Å²) in [6.07, 6.45) is 7.12. The largest absolute Gasteiger partial charge is 0.475 e. The van der Waals surface area contributed by atoms with Gasteiger partial charge in [0.05, 0.1) is 12.2 Å². The molecule has 1 heterocycles. The first-order valence-corrected chi connectivity index (χ1v) is 7.94. The van der Waals surface area contributed by atoms with E-state index in [1.165, 1.54) is 0 Å². The third-order valence-corrected chi connectivity index (χ3v) is 3.30. The highest BCUT2D eigenvalue weighted by Crippen LogP contribution is 2.26. The normalized spacial score (nSPS) is 14.8. The molecule has 0 aliphatic heterocycles. The van der Waals surface area contributed by atoms with Crippen LogP contribution in [0.25, 0.3) is 5.70 Å². The van der Waals surface area contributed by atoms with E-state index in [-0.39, 0.29) is 0 Å². The Bertz CT molecular complexity index is 614. The van der Waals surface area contributed by atoms with Crippen LogP contribution in [0.2, 0.25) is 0 Å². The third kappa shape index (κ3) is 5.63. The van der Waals surface area contributed by atoms with Crippen LogP contribution >= 0.6 is 11.6 Å². The molecule has 126 valence electrons. The lowest BCUT2D eigenvalue weighted by Gasteiger charge is -2.19. The molecular formula is C16H22ClN3O3. The molecule has 0 fully saturated rings. The van der Waals surface area contributed by atoms with Crippen LogP contribution < -0.4 is 10.1 Å². The summed E-state index contributed by atoms with van der Waals surface area (Å²) in [5, 5.41) is 7.73. The molecule has 0 spiro atoms. The van der Waals surface area contributed by atoms with Crippen molar-refractivity contribution >= 4 is 23.4 Å². The molecule has 0 atom stereocenters. The smallest absolute Gasteiger partial charge is 0.407 e. The Morgan fingerprint density at radius 2 is 2.26 bits per heavy atom. The predicted molar refractivity (Wildman–Crippen MR) is 89.4 cm³/mol. The molecule has 0 saturated carbocycles. The Kier molecular flexibility index (Phi) is 5.71. The van der Waals surface area contributed by atoms with E-state index in [1.807, 2.05) is 26.8 Å². The quantitative estimate of drug-likeness (QED) is 0.833.